The smallest absolute Gasteiger partial charge is 0.240 e. The van der Waals surface area contributed by atoms with E-state index in [4.69, 9.17) is 14.2 Å². The molecule has 1 amide bonds. The first-order chi connectivity index (χ1) is 22.1. The van der Waals surface area contributed by atoms with Crippen molar-refractivity contribution in [3.8, 4) is 28.4 Å². The number of hydrogen-bond acceptors (Lipinski definition) is 7. The number of aromatic nitrogens is 4. The number of carbonyl (C=O) groups excluding carboxylic acids is 1. The molecule has 3 aromatic carbocycles. The molecule has 240 valence electrons. The van der Waals surface area contributed by atoms with Crippen molar-refractivity contribution in [3.05, 3.63) is 78.1 Å². The summed E-state index contributed by atoms with van der Waals surface area (Å²) in [6.45, 7) is 2.91. The molecule has 0 bridgehead atoms. The van der Waals surface area contributed by atoms with Gasteiger partial charge in [0.25, 0.3) is 0 Å². The standard InChI is InChI=1S/C36H47N5O4/c1-5-6-7-8-9-10-11-12-13-17-24-41-39-35(38-40-41)33(29-22-20-28(21-23-29)27-18-15-14-16-19-27)36(42)37-34-31(44-3)25-30(43-2)26-32(34)45-4/h14-16,18-23,25-26,33H,5-13,17,24H2,1-4H3,(H,37,42). The Morgan fingerprint density at radius 3 is 1.91 bits per heavy atom. The molecule has 9 nitrogen and oxygen atoms in total. The number of nitrogens with one attached hydrogen (secondary N) is 1. The molecule has 4 rings (SSSR count). The van der Waals surface area contributed by atoms with Gasteiger partial charge in [0.15, 0.2) is 5.82 Å². The van der Waals surface area contributed by atoms with E-state index in [1.165, 1.54) is 65.6 Å². The Bertz CT molecular complexity index is 1430. The van der Waals surface area contributed by atoms with Crippen LogP contribution < -0.4 is 19.5 Å². The Morgan fingerprint density at radius 2 is 1.33 bits per heavy atom. The summed E-state index contributed by atoms with van der Waals surface area (Å²) in [4.78, 5) is 15.6. The fourth-order valence-electron chi connectivity index (χ4n) is 5.45. The number of amides is 1. The minimum Gasteiger partial charge on any atom is -0.496 e. The number of unbranched alkanes of at least 4 members (excludes halogenated alkanes) is 9. The monoisotopic (exact) mass is 613 g/mol. The summed E-state index contributed by atoms with van der Waals surface area (Å²) in [5.41, 5.74) is 3.29. The van der Waals surface area contributed by atoms with Gasteiger partial charge in [0.1, 0.15) is 28.9 Å². The molecule has 0 fully saturated rings. The molecule has 45 heavy (non-hydrogen) atoms. The van der Waals surface area contributed by atoms with Gasteiger partial charge >= 0.3 is 0 Å². The average Bonchev–Trinajstić information content (AvgIpc) is 3.54. The molecule has 1 N–H and O–H groups in total. The van der Waals surface area contributed by atoms with E-state index in [9.17, 15) is 4.79 Å². The minimum atomic E-state index is -0.812. The van der Waals surface area contributed by atoms with Gasteiger partial charge in [-0.05, 0) is 28.3 Å². The number of anilines is 1. The van der Waals surface area contributed by atoms with E-state index in [1.54, 1.807) is 24.0 Å². The summed E-state index contributed by atoms with van der Waals surface area (Å²) >= 11 is 0. The minimum absolute atomic E-state index is 0.331. The fourth-order valence-corrected chi connectivity index (χ4v) is 5.45. The Balaban J connectivity index is 1.49. The average molecular weight is 614 g/mol. The molecule has 9 heteroatoms. The van der Waals surface area contributed by atoms with Gasteiger partial charge in [-0.3, -0.25) is 4.79 Å². The van der Waals surface area contributed by atoms with E-state index in [0.29, 0.717) is 35.3 Å². The molecule has 1 heterocycles. The van der Waals surface area contributed by atoms with Crippen LogP contribution in [0.2, 0.25) is 0 Å². The summed E-state index contributed by atoms with van der Waals surface area (Å²) in [6, 6.07) is 21.4. The predicted molar refractivity (Wildman–Crippen MR) is 178 cm³/mol. The largest absolute Gasteiger partial charge is 0.496 e. The lowest BCUT2D eigenvalue weighted by Crippen LogP contribution is -2.24. The fraction of sp³-hybridized carbons (Fsp3) is 0.444. The van der Waals surface area contributed by atoms with Gasteiger partial charge in [0.2, 0.25) is 5.91 Å². The molecule has 0 spiro atoms. The SMILES string of the molecule is CCCCCCCCCCCCn1nnc(C(C(=O)Nc2c(OC)cc(OC)cc2OC)c2ccc(-c3ccccc3)cc2)n1. The van der Waals surface area contributed by atoms with Crippen molar-refractivity contribution in [3.63, 3.8) is 0 Å². The van der Waals surface area contributed by atoms with Gasteiger partial charge in [-0.15, -0.1) is 10.2 Å². The Kier molecular flexibility index (Phi) is 13.2. The summed E-state index contributed by atoms with van der Waals surface area (Å²) in [6.07, 6.45) is 12.5. The molecule has 0 aliphatic carbocycles. The number of methoxy groups -OCH3 is 3. The second-order valence-corrected chi connectivity index (χ2v) is 11.2. The maximum atomic E-state index is 14.0. The third-order valence-electron chi connectivity index (χ3n) is 8.01. The molecule has 0 aliphatic heterocycles. The highest BCUT2D eigenvalue weighted by Crippen LogP contribution is 2.40. The van der Waals surface area contributed by atoms with E-state index in [1.807, 2.05) is 42.5 Å². The maximum Gasteiger partial charge on any atom is 0.240 e. The van der Waals surface area contributed by atoms with Crippen molar-refractivity contribution >= 4 is 11.6 Å². The number of ether oxygens (including phenoxy) is 3. The summed E-state index contributed by atoms with van der Waals surface area (Å²) in [5.74, 6) is 0.561. The summed E-state index contributed by atoms with van der Waals surface area (Å²) in [5, 5.41) is 16.3. The lowest BCUT2D eigenvalue weighted by atomic mass is 9.94. The molecule has 1 aromatic heterocycles. The quantitative estimate of drug-likeness (QED) is 0.107. The van der Waals surface area contributed by atoms with Gasteiger partial charge in [0.05, 0.1) is 27.9 Å². The highest BCUT2D eigenvalue weighted by molar-refractivity contribution is 6.00. The highest BCUT2D eigenvalue weighted by Gasteiger charge is 2.29. The van der Waals surface area contributed by atoms with Crippen LogP contribution in [0.15, 0.2) is 66.7 Å². The van der Waals surface area contributed by atoms with Crippen molar-refractivity contribution in [1.29, 1.82) is 0 Å². The van der Waals surface area contributed by atoms with E-state index >= 15 is 0 Å². The Hall–Kier alpha value is -4.40. The number of tetrazole rings is 1. The zero-order valence-corrected chi connectivity index (χ0v) is 27.1. The number of carbonyl (C=O) groups is 1. The van der Waals surface area contributed by atoms with Crippen LogP contribution in [0.25, 0.3) is 11.1 Å². The molecule has 0 aliphatic rings. The van der Waals surface area contributed by atoms with Crippen molar-refractivity contribution < 1.29 is 19.0 Å². The number of nitrogens with zero attached hydrogens (tertiary/aromatic N) is 4. The van der Waals surface area contributed by atoms with Crippen LogP contribution in [0.1, 0.15) is 88.4 Å². The van der Waals surface area contributed by atoms with Crippen LogP contribution in [-0.4, -0.2) is 47.4 Å². The second kappa shape index (κ2) is 17.8. The Labute approximate surface area is 267 Å². The number of hydrogen-bond donors (Lipinski definition) is 1. The van der Waals surface area contributed by atoms with Gasteiger partial charge in [-0.2, -0.15) is 4.80 Å². The van der Waals surface area contributed by atoms with Gasteiger partial charge < -0.3 is 19.5 Å². The molecular formula is C36H47N5O4. The third-order valence-corrected chi connectivity index (χ3v) is 8.01. The highest BCUT2D eigenvalue weighted by atomic mass is 16.5. The van der Waals surface area contributed by atoms with Crippen LogP contribution in [0, 0.1) is 0 Å². The predicted octanol–water partition coefficient (Wildman–Crippen LogP) is 8.06. The molecule has 0 saturated carbocycles. The van der Waals surface area contributed by atoms with Gasteiger partial charge in [-0.1, -0.05) is 119 Å². The lowest BCUT2D eigenvalue weighted by molar-refractivity contribution is -0.116. The van der Waals surface area contributed by atoms with E-state index in [2.05, 4.69) is 39.8 Å². The van der Waals surface area contributed by atoms with Crippen molar-refractivity contribution in [1.82, 2.24) is 20.2 Å². The van der Waals surface area contributed by atoms with E-state index < -0.39 is 5.92 Å². The molecular weight excluding hydrogens is 566 g/mol. The van der Waals surface area contributed by atoms with E-state index in [-0.39, 0.29) is 5.91 Å². The third kappa shape index (κ3) is 9.54. The van der Waals surface area contributed by atoms with Crippen LogP contribution in [0.5, 0.6) is 17.2 Å². The summed E-state index contributed by atoms with van der Waals surface area (Å²) < 4.78 is 16.5. The Morgan fingerprint density at radius 1 is 0.756 bits per heavy atom. The normalized spacial score (nSPS) is 11.6. The number of aryl methyl sites for hydroxylation is 1. The first-order valence-electron chi connectivity index (χ1n) is 16.1. The number of benzene rings is 3. The molecule has 0 saturated heterocycles. The zero-order chi connectivity index (χ0) is 31.9. The molecule has 0 radical (unpaired) electrons. The topological polar surface area (TPSA) is 100 Å². The van der Waals surface area contributed by atoms with Crippen molar-refractivity contribution in [2.75, 3.05) is 26.6 Å². The van der Waals surface area contributed by atoms with Crippen LogP contribution in [0.3, 0.4) is 0 Å². The van der Waals surface area contributed by atoms with Crippen LogP contribution in [0.4, 0.5) is 5.69 Å². The van der Waals surface area contributed by atoms with Crippen molar-refractivity contribution in [2.24, 2.45) is 0 Å². The van der Waals surface area contributed by atoms with Crippen molar-refractivity contribution in [2.45, 2.75) is 83.6 Å². The molecule has 1 unspecified atom stereocenters. The second-order valence-electron chi connectivity index (χ2n) is 11.2. The maximum absolute atomic E-state index is 14.0. The molecule has 1 atom stereocenters. The van der Waals surface area contributed by atoms with Gasteiger partial charge in [0, 0.05) is 12.1 Å². The number of rotatable bonds is 19. The van der Waals surface area contributed by atoms with Crippen LogP contribution in [-0.2, 0) is 11.3 Å². The lowest BCUT2D eigenvalue weighted by Gasteiger charge is -2.19. The van der Waals surface area contributed by atoms with Gasteiger partial charge in [-0.25, -0.2) is 0 Å². The first-order valence-corrected chi connectivity index (χ1v) is 16.1. The van der Waals surface area contributed by atoms with E-state index in [0.717, 1.165) is 29.5 Å². The first kappa shape index (κ1) is 33.5. The molecule has 4 aromatic rings. The zero-order valence-electron chi connectivity index (χ0n) is 27.1. The summed E-state index contributed by atoms with van der Waals surface area (Å²) in [7, 11) is 4.63. The van der Waals surface area contributed by atoms with Crippen LogP contribution >= 0.6 is 0 Å².